The minimum absolute atomic E-state index is 0.499. The first kappa shape index (κ1) is 13.9. The molecule has 0 spiro atoms. The first-order chi connectivity index (χ1) is 6.37. The summed E-state index contributed by atoms with van der Waals surface area (Å²) >= 11 is 0. The maximum Gasteiger partial charge on any atom is 0.152 e. The van der Waals surface area contributed by atoms with Crippen molar-refractivity contribution < 1.29 is 8.42 Å². The average molecular weight is 220 g/mol. The van der Waals surface area contributed by atoms with E-state index in [0.29, 0.717) is 0 Å². The SMILES string of the molecule is CCCCCCC(C)(CC)S(C)(=O)=O. The van der Waals surface area contributed by atoms with Gasteiger partial charge in [0.2, 0.25) is 0 Å². The summed E-state index contributed by atoms with van der Waals surface area (Å²) < 4.78 is 22.6. The van der Waals surface area contributed by atoms with E-state index in [4.69, 9.17) is 0 Å². The van der Waals surface area contributed by atoms with Crippen molar-refractivity contribution in [3.8, 4) is 0 Å². The summed E-state index contributed by atoms with van der Waals surface area (Å²) in [4.78, 5) is 0. The van der Waals surface area contributed by atoms with Gasteiger partial charge in [-0.1, -0.05) is 39.5 Å². The van der Waals surface area contributed by atoms with Crippen molar-refractivity contribution in [3.63, 3.8) is 0 Å². The molecule has 0 heterocycles. The van der Waals surface area contributed by atoms with Crippen LogP contribution in [0.3, 0.4) is 0 Å². The minimum atomic E-state index is -2.90. The topological polar surface area (TPSA) is 34.1 Å². The third kappa shape index (κ3) is 3.99. The fraction of sp³-hybridized carbons (Fsp3) is 1.00. The van der Waals surface area contributed by atoms with Crippen LogP contribution in [0.4, 0.5) is 0 Å². The van der Waals surface area contributed by atoms with Crippen molar-refractivity contribution in [2.24, 2.45) is 0 Å². The molecule has 3 heteroatoms. The zero-order valence-corrected chi connectivity index (χ0v) is 10.8. The van der Waals surface area contributed by atoms with Gasteiger partial charge in [0.15, 0.2) is 9.84 Å². The van der Waals surface area contributed by atoms with Gasteiger partial charge in [0.25, 0.3) is 0 Å². The van der Waals surface area contributed by atoms with Crippen LogP contribution in [-0.2, 0) is 9.84 Å². The van der Waals surface area contributed by atoms with Crippen LogP contribution in [0, 0.1) is 0 Å². The molecule has 0 fully saturated rings. The molecule has 0 aliphatic heterocycles. The van der Waals surface area contributed by atoms with Gasteiger partial charge < -0.3 is 0 Å². The van der Waals surface area contributed by atoms with Crippen LogP contribution in [0.5, 0.6) is 0 Å². The Morgan fingerprint density at radius 2 is 1.64 bits per heavy atom. The van der Waals surface area contributed by atoms with Crippen molar-refractivity contribution in [1.82, 2.24) is 0 Å². The van der Waals surface area contributed by atoms with Crippen LogP contribution in [0.15, 0.2) is 0 Å². The lowest BCUT2D eigenvalue weighted by molar-refractivity contribution is 0.472. The quantitative estimate of drug-likeness (QED) is 0.618. The fourth-order valence-corrected chi connectivity index (χ4v) is 2.59. The van der Waals surface area contributed by atoms with Gasteiger partial charge in [0, 0.05) is 6.26 Å². The first-order valence-electron chi connectivity index (χ1n) is 5.57. The molecule has 1 unspecified atom stereocenters. The van der Waals surface area contributed by atoms with Crippen molar-refractivity contribution in [2.45, 2.75) is 64.0 Å². The third-order valence-electron chi connectivity index (χ3n) is 3.20. The van der Waals surface area contributed by atoms with Crippen LogP contribution >= 0.6 is 0 Å². The first-order valence-corrected chi connectivity index (χ1v) is 7.46. The van der Waals surface area contributed by atoms with Crippen molar-refractivity contribution >= 4 is 9.84 Å². The smallest absolute Gasteiger partial charge is 0.152 e. The van der Waals surface area contributed by atoms with E-state index in [0.717, 1.165) is 25.7 Å². The van der Waals surface area contributed by atoms with Crippen LogP contribution < -0.4 is 0 Å². The van der Waals surface area contributed by atoms with Gasteiger partial charge in [-0.2, -0.15) is 0 Å². The van der Waals surface area contributed by atoms with Crippen LogP contribution in [0.1, 0.15) is 59.3 Å². The minimum Gasteiger partial charge on any atom is -0.229 e. The van der Waals surface area contributed by atoms with Gasteiger partial charge in [-0.05, 0) is 19.8 Å². The van der Waals surface area contributed by atoms with Crippen molar-refractivity contribution in [1.29, 1.82) is 0 Å². The Bertz CT molecular complexity index is 244. The zero-order chi connectivity index (χ0) is 11.2. The second-order valence-electron chi connectivity index (χ2n) is 4.39. The molecule has 0 saturated heterocycles. The van der Waals surface area contributed by atoms with Gasteiger partial charge in [-0.25, -0.2) is 8.42 Å². The molecule has 0 aliphatic carbocycles. The molecule has 0 saturated carbocycles. The highest BCUT2D eigenvalue weighted by atomic mass is 32.2. The Morgan fingerprint density at radius 3 is 2.00 bits per heavy atom. The molecule has 86 valence electrons. The van der Waals surface area contributed by atoms with Gasteiger partial charge in [-0.15, -0.1) is 0 Å². The van der Waals surface area contributed by atoms with Gasteiger partial charge in [-0.3, -0.25) is 0 Å². The molecule has 0 amide bonds. The summed E-state index contributed by atoms with van der Waals surface area (Å²) in [6, 6.07) is 0. The van der Waals surface area contributed by atoms with E-state index in [1.165, 1.54) is 19.1 Å². The van der Waals surface area contributed by atoms with E-state index in [-0.39, 0.29) is 0 Å². The molecule has 0 aromatic carbocycles. The Balaban J connectivity index is 4.15. The van der Waals surface area contributed by atoms with Gasteiger partial charge in [0.1, 0.15) is 0 Å². The maximum absolute atomic E-state index is 11.5. The molecular formula is C11H24O2S. The van der Waals surface area contributed by atoms with Gasteiger partial charge in [0.05, 0.1) is 4.75 Å². The van der Waals surface area contributed by atoms with E-state index in [1.807, 2.05) is 13.8 Å². The van der Waals surface area contributed by atoms with E-state index in [1.54, 1.807) is 0 Å². The number of hydrogen-bond donors (Lipinski definition) is 0. The fourth-order valence-electron chi connectivity index (χ4n) is 1.55. The van der Waals surface area contributed by atoms with E-state index in [2.05, 4.69) is 6.92 Å². The molecule has 0 aromatic rings. The monoisotopic (exact) mass is 220 g/mol. The number of hydrogen-bond acceptors (Lipinski definition) is 2. The number of sulfone groups is 1. The van der Waals surface area contributed by atoms with Gasteiger partial charge >= 0.3 is 0 Å². The molecule has 0 rings (SSSR count). The molecule has 0 aliphatic rings. The zero-order valence-electron chi connectivity index (χ0n) is 9.97. The summed E-state index contributed by atoms with van der Waals surface area (Å²) in [7, 11) is -2.90. The Labute approximate surface area is 89.0 Å². The lowest BCUT2D eigenvalue weighted by Gasteiger charge is -2.25. The molecular weight excluding hydrogens is 196 g/mol. The summed E-state index contributed by atoms with van der Waals surface area (Å²) in [5.41, 5.74) is 0. The van der Waals surface area contributed by atoms with Crippen LogP contribution in [0.2, 0.25) is 0 Å². The van der Waals surface area contributed by atoms with Crippen LogP contribution in [-0.4, -0.2) is 19.4 Å². The normalized spacial score (nSPS) is 16.6. The molecule has 0 N–H and O–H groups in total. The Kier molecular flexibility index (Phi) is 5.72. The van der Waals surface area contributed by atoms with Crippen LogP contribution in [0.25, 0.3) is 0 Å². The Hall–Kier alpha value is -0.0500. The largest absolute Gasteiger partial charge is 0.229 e. The van der Waals surface area contributed by atoms with Crippen molar-refractivity contribution in [2.75, 3.05) is 6.26 Å². The Morgan fingerprint density at radius 1 is 1.07 bits per heavy atom. The molecule has 0 aromatic heterocycles. The average Bonchev–Trinajstić information content (AvgIpc) is 2.10. The maximum atomic E-state index is 11.5. The summed E-state index contributed by atoms with van der Waals surface area (Å²) in [6.07, 6.45) is 7.48. The lowest BCUT2D eigenvalue weighted by atomic mass is 9.99. The summed E-state index contributed by atoms with van der Waals surface area (Å²) in [6.45, 7) is 5.99. The summed E-state index contributed by atoms with van der Waals surface area (Å²) in [5.74, 6) is 0. The van der Waals surface area contributed by atoms with E-state index < -0.39 is 14.6 Å². The van der Waals surface area contributed by atoms with Crippen molar-refractivity contribution in [3.05, 3.63) is 0 Å². The molecule has 1 atom stereocenters. The summed E-state index contributed by atoms with van der Waals surface area (Å²) in [5, 5.41) is 0. The predicted octanol–water partition coefficient (Wildman–Crippen LogP) is 3.17. The molecule has 0 bridgehead atoms. The number of rotatable bonds is 7. The second-order valence-corrected chi connectivity index (χ2v) is 6.92. The van der Waals surface area contributed by atoms with E-state index in [9.17, 15) is 8.42 Å². The molecule has 0 radical (unpaired) electrons. The number of unbranched alkanes of at least 4 members (excludes halogenated alkanes) is 3. The highest BCUT2D eigenvalue weighted by molar-refractivity contribution is 7.92. The highest BCUT2D eigenvalue weighted by Crippen LogP contribution is 2.27. The highest BCUT2D eigenvalue weighted by Gasteiger charge is 2.32. The lowest BCUT2D eigenvalue weighted by Crippen LogP contribution is -2.33. The second kappa shape index (κ2) is 5.74. The molecule has 2 nitrogen and oxygen atoms in total. The van der Waals surface area contributed by atoms with E-state index >= 15 is 0 Å². The third-order valence-corrected chi connectivity index (χ3v) is 5.49. The predicted molar refractivity (Wildman–Crippen MR) is 62.3 cm³/mol. The standard InChI is InChI=1S/C11H24O2S/c1-5-7-8-9-10-11(3,6-2)14(4,12)13/h5-10H2,1-4H3. The molecule has 14 heavy (non-hydrogen) atoms.